The van der Waals surface area contributed by atoms with Gasteiger partial charge in [0.1, 0.15) is 0 Å². The van der Waals surface area contributed by atoms with Gasteiger partial charge in [-0.25, -0.2) is 0 Å². The second-order valence-electron chi connectivity index (χ2n) is 7.90. The maximum Gasteiger partial charge on any atom is 0.255 e. The Morgan fingerprint density at radius 3 is 2.19 bits per heavy atom. The smallest absolute Gasteiger partial charge is 0.255 e. The summed E-state index contributed by atoms with van der Waals surface area (Å²) in [6.45, 7) is 7.24. The average molecular weight is 414 g/mol. The first kappa shape index (κ1) is 20.7. The highest BCUT2D eigenvalue weighted by molar-refractivity contribution is 6.05. The molecule has 1 aliphatic rings. The molecule has 0 spiro atoms. The number of carbonyl (C=O) groups is 2. The molecule has 0 unspecified atom stereocenters. The number of carbonyl (C=O) groups excluding carboxylic acids is 2. The van der Waals surface area contributed by atoms with E-state index in [0.717, 1.165) is 13.1 Å². The fraction of sp³-hybridized carbons (Fsp3) is 0.231. The molecule has 158 valence electrons. The average Bonchev–Trinajstić information content (AvgIpc) is 2.81. The van der Waals surface area contributed by atoms with Crippen LogP contribution in [-0.4, -0.2) is 42.9 Å². The lowest BCUT2D eigenvalue weighted by molar-refractivity contribution is 0.0746. The van der Waals surface area contributed by atoms with E-state index in [0.29, 0.717) is 29.9 Å². The van der Waals surface area contributed by atoms with Crippen LogP contribution in [-0.2, 0) is 0 Å². The van der Waals surface area contributed by atoms with Gasteiger partial charge in [-0.3, -0.25) is 9.59 Å². The summed E-state index contributed by atoms with van der Waals surface area (Å²) in [5.41, 5.74) is 5.62. The van der Waals surface area contributed by atoms with Crippen molar-refractivity contribution >= 4 is 23.2 Å². The summed E-state index contributed by atoms with van der Waals surface area (Å²) < 4.78 is 0. The van der Waals surface area contributed by atoms with Crippen LogP contribution in [0.25, 0.3) is 0 Å². The lowest BCUT2D eigenvalue weighted by Crippen LogP contribution is -2.49. The summed E-state index contributed by atoms with van der Waals surface area (Å²) in [7, 11) is 0. The first-order valence-electron chi connectivity index (χ1n) is 10.6. The molecule has 3 aromatic carbocycles. The van der Waals surface area contributed by atoms with E-state index in [1.54, 1.807) is 36.4 Å². The Kier molecular flexibility index (Phi) is 6.03. The highest BCUT2D eigenvalue weighted by Gasteiger charge is 2.23. The van der Waals surface area contributed by atoms with Crippen LogP contribution in [0.4, 0.5) is 11.4 Å². The van der Waals surface area contributed by atoms with Crippen molar-refractivity contribution in [1.29, 1.82) is 0 Å². The van der Waals surface area contributed by atoms with E-state index in [1.165, 1.54) is 16.8 Å². The molecule has 1 N–H and O–H groups in total. The molecule has 4 rings (SSSR count). The fourth-order valence-electron chi connectivity index (χ4n) is 3.93. The maximum atomic E-state index is 13.1. The zero-order valence-corrected chi connectivity index (χ0v) is 18.0. The number of benzene rings is 3. The van der Waals surface area contributed by atoms with Gasteiger partial charge in [0.2, 0.25) is 0 Å². The van der Waals surface area contributed by atoms with E-state index in [9.17, 15) is 9.59 Å². The molecule has 2 amide bonds. The molecule has 1 fully saturated rings. The molecule has 5 nitrogen and oxygen atoms in total. The summed E-state index contributed by atoms with van der Waals surface area (Å²) in [6, 6.07) is 22.6. The van der Waals surface area contributed by atoms with E-state index >= 15 is 0 Å². The molecular weight excluding hydrogens is 386 g/mol. The van der Waals surface area contributed by atoms with Gasteiger partial charge in [0.15, 0.2) is 0 Å². The van der Waals surface area contributed by atoms with Crippen LogP contribution in [0.3, 0.4) is 0 Å². The summed E-state index contributed by atoms with van der Waals surface area (Å²) >= 11 is 0. The van der Waals surface area contributed by atoms with E-state index in [2.05, 4.69) is 42.3 Å². The van der Waals surface area contributed by atoms with Gasteiger partial charge in [0.25, 0.3) is 11.8 Å². The molecule has 0 aromatic heterocycles. The van der Waals surface area contributed by atoms with Gasteiger partial charge >= 0.3 is 0 Å². The molecule has 0 saturated carbocycles. The van der Waals surface area contributed by atoms with Crippen LogP contribution in [0.15, 0.2) is 72.8 Å². The number of nitrogens with one attached hydrogen (secondary N) is 1. The van der Waals surface area contributed by atoms with E-state index in [1.807, 2.05) is 23.1 Å². The Morgan fingerprint density at radius 1 is 0.774 bits per heavy atom. The Bertz CT molecular complexity index is 1090. The monoisotopic (exact) mass is 413 g/mol. The number of hydrogen-bond donors (Lipinski definition) is 1. The normalized spacial score (nSPS) is 13.7. The minimum absolute atomic E-state index is 0.00331. The number of rotatable bonds is 4. The predicted molar refractivity (Wildman–Crippen MR) is 125 cm³/mol. The van der Waals surface area contributed by atoms with Gasteiger partial charge in [-0.2, -0.15) is 0 Å². The van der Waals surface area contributed by atoms with Crippen molar-refractivity contribution in [2.24, 2.45) is 0 Å². The van der Waals surface area contributed by atoms with Crippen molar-refractivity contribution in [3.05, 3.63) is 95.1 Å². The zero-order valence-electron chi connectivity index (χ0n) is 18.0. The summed E-state index contributed by atoms with van der Waals surface area (Å²) in [5.74, 6) is -0.191. The van der Waals surface area contributed by atoms with Crippen LogP contribution in [0.5, 0.6) is 0 Å². The number of nitrogens with zero attached hydrogens (tertiary/aromatic N) is 2. The Hall–Kier alpha value is -3.60. The van der Waals surface area contributed by atoms with Crippen molar-refractivity contribution in [2.75, 3.05) is 36.4 Å². The molecule has 0 atom stereocenters. The Labute approximate surface area is 183 Å². The highest BCUT2D eigenvalue weighted by atomic mass is 16.2. The minimum Gasteiger partial charge on any atom is -0.368 e. The largest absolute Gasteiger partial charge is 0.368 e. The van der Waals surface area contributed by atoms with E-state index in [-0.39, 0.29) is 11.8 Å². The Balaban J connectivity index is 1.41. The highest BCUT2D eigenvalue weighted by Crippen LogP contribution is 2.24. The number of aryl methyl sites for hydroxylation is 1. The van der Waals surface area contributed by atoms with Crippen LogP contribution in [0.2, 0.25) is 0 Å². The van der Waals surface area contributed by atoms with E-state index < -0.39 is 0 Å². The summed E-state index contributed by atoms with van der Waals surface area (Å²) in [4.78, 5) is 29.7. The topological polar surface area (TPSA) is 52.6 Å². The predicted octanol–water partition coefficient (Wildman–Crippen LogP) is 4.52. The zero-order chi connectivity index (χ0) is 21.8. The summed E-state index contributed by atoms with van der Waals surface area (Å²) in [6.07, 6.45) is 0. The van der Waals surface area contributed by atoms with Crippen LogP contribution < -0.4 is 10.2 Å². The Morgan fingerprint density at radius 2 is 1.45 bits per heavy atom. The van der Waals surface area contributed by atoms with Crippen LogP contribution in [0.1, 0.15) is 31.8 Å². The maximum absolute atomic E-state index is 13.1. The van der Waals surface area contributed by atoms with Crippen molar-refractivity contribution < 1.29 is 9.59 Å². The van der Waals surface area contributed by atoms with E-state index in [4.69, 9.17) is 0 Å². The SMILES string of the molecule is Cc1cccc(N2CCN(C(=O)c3cccc(NC(=O)c4ccccc4)c3)CC2)c1C. The molecule has 1 aliphatic heterocycles. The molecule has 0 radical (unpaired) electrons. The molecule has 3 aromatic rings. The third kappa shape index (κ3) is 4.61. The molecule has 0 aliphatic carbocycles. The van der Waals surface area contributed by atoms with Gasteiger partial charge in [0, 0.05) is 48.7 Å². The molecule has 5 heteroatoms. The van der Waals surface area contributed by atoms with Crippen molar-refractivity contribution in [3.63, 3.8) is 0 Å². The number of hydrogen-bond acceptors (Lipinski definition) is 3. The number of piperazine rings is 1. The van der Waals surface area contributed by atoms with Crippen molar-refractivity contribution in [1.82, 2.24) is 4.90 Å². The third-order valence-corrected chi connectivity index (χ3v) is 5.89. The van der Waals surface area contributed by atoms with Gasteiger partial charge in [-0.1, -0.05) is 36.4 Å². The fourth-order valence-corrected chi connectivity index (χ4v) is 3.93. The quantitative estimate of drug-likeness (QED) is 0.684. The number of amides is 2. The first-order valence-corrected chi connectivity index (χ1v) is 10.6. The van der Waals surface area contributed by atoms with Gasteiger partial charge in [-0.05, 0) is 61.4 Å². The van der Waals surface area contributed by atoms with Crippen molar-refractivity contribution in [3.8, 4) is 0 Å². The second-order valence-corrected chi connectivity index (χ2v) is 7.90. The van der Waals surface area contributed by atoms with Crippen molar-refractivity contribution in [2.45, 2.75) is 13.8 Å². The van der Waals surface area contributed by atoms with Crippen LogP contribution >= 0.6 is 0 Å². The van der Waals surface area contributed by atoms with Gasteiger partial charge in [0.05, 0.1) is 0 Å². The first-order chi connectivity index (χ1) is 15.0. The molecule has 1 saturated heterocycles. The molecular formula is C26H27N3O2. The molecule has 1 heterocycles. The molecule has 0 bridgehead atoms. The second kappa shape index (κ2) is 9.04. The van der Waals surface area contributed by atoms with Gasteiger partial charge in [-0.15, -0.1) is 0 Å². The van der Waals surface area contributed by atoms with Crippen LogP contribution in [0, 0.1) is 13.8 Å². The lowest BCUT2D eigenvalue weighted by atomic mass is 10.1. The molecule has 31 heavy (non-hydrogen) atoms. The minimum atomic E-state index is -0.188. The third-order valence-electron chi connectivity index (χ3n) is 5.89. The standard InChI is InChI=1S/C26H27N3O2/c1-19-8-6-13-24(20(19)2)28-14-16-29(17-15-28)26(31)22-11-7-12-23(18-22)27-25(30)21-9-4-3-5-10-21/h3-13,18H,14-17H2,1-2H3,(H,27,30). The van der Waals surface area contributed by atoms with Gasteiger partial charge < -0.3 is 15.1 Å². The number of anilines is 2. The summed E-state index contributed by atoms with van der Waals surface area (Å²) in [5, 5.41) is 2.88. The lowest BCUT2D eigenvalue weighted by Gasteiger charge is -2.37.